The molecule has 0 amide bonds. The third-order valence-electron chi connectivity index (χ3n) is 2.72. The van der Waals surface area contributed by atoms with Crippen LogP contribution in [0, 0.1) is 5.92 Å². The third kappa shape index (κ3) is 3.33. The van der Waals surface area contributed by atoms with Gasteiger partial charge in [-0.2, -0.15) is 13.2 Å². The van der Waals surface area contributed by atoms with E-state index in [4.69, 9.17) is 5.11 Å². The van der Waals surface area contributed by atoms with Gasteiger partial charge in [-0.1, -0.05) is 6.92 Å². The van der Waals surface area contributed by atoms with Gasteiger partial charge in [-0.25, -0.2) is 4.68 Å². The van der Waals surface area contributed by atoms with Gasteiger partial charge in [0, 0.05) is 6.20 Å². The molecule has 0 bridgehead atoms. The fourth-order valence-electron chi connectivity index (χ4n) is 1.54. The molecule has 112 valence electrons. The van der Waals surface area contributed by atoms with Gasteiger partial charge in [0.15, 0.2) is 0 Å². The highest BCUT2D eigenvalue weighted by Crippen LogP contribution is 2.29. The number of carboxylic acid groups (broad SMARTS) is 1. The van der Waals surface area contributed by atoms with E-state index in [0.29, 0.717) is 6.20 Å². The largest absolute Gasteiger partial charge is 0.481 e. The lowest BCUT2D eigenvalue weighted by molar-refractivity contribution is -0.141. The molecule has 0 aliphatic rings. The lowest BCUT2D eigenvalue weighted by Crippen LogP contribution is -2.18. The molecule has 1 atom stereocenters. The zero-order valence-electron chi connectivity index (χ0n) is 10.7. The van der Waals surface area contributed by atoms with Gasteiger partial charge in [0.1, 0.15) is 5.69 Å². The third-order valence-corrected chi connectivity index (χ3v) is 2.72. The highest BCUT2D eigenvalue weighted by Gasteiger charge is 2.31. The number of hydrogen-bond acceptors (Lipinski definition) is 5. The molecule has 0 aliphatic heterocycles. The fraction of sp³-hybridized carbons (Fsp3) is 0.364. The number of aromatic nitrogens is 5. The summed E-state index contributed by atoms with van der Waals surface area (Å²) in [6, 6.07) is 2.00. The van der Waals surface area contributed by atoms with Crippen molar-refractivity contribution in [2.75, 3.05) is 0 Å². The SMILES string of the molecule is CC(Cn1nnnc1-c1ccc(C(F)(F)F)cn1)C(=O)O. The summed E-state index contributed by atoms with van der Waals surface area (Å²) in [7, 11) is 0. The van der Waals surface area contributed by atoms with Crippen LogP contribution < -0.4 is 0 Å². The summed E-state index contributed by atoms with van der Waals surface area (Å²) in [5.41, 5.74) is -0.755. The van der Waals surface area contributed by atoms with Crippen LogP contribution in [0.25, 0.3) is 11.5 Å². The summed E-state index contributed by atoms with van der Waals surface area (Å²) in [6.45, 7) is 1.45. The van der Waals surface area contributed by atoms with Crippen LogP contribution in [0.1, 0.15) is 12.5 Å². The van der Waals surface area contributed by atoms with Crippen molar-refractivity contribution in [3.8, 4) is 11.5 Å². The van der Waals surface area contributed by atoms with E-state index in [-0.39, 0.29) is 18.1 Å². The van der Waals surface area contributed by atoms with Gasteiger partial charge in [0.25, 0.3) is 0 Å². The van der Waals surface area contributed by atoms with E-state index in [1.165, 1.54) is 11.6 Å². The maximum absolute atomic E-state index is 12.5. The maximum Gasteiger partial charge on any atom is 0.417 e. The minimum Gasteiger partial charge on any atom is -0.481 e. The molecule has 21 heavy (non-hydrogen) atoms. The van der Waals surface area contributed by atoms with Crippen LogP contribution >= 0.6 is 0 Å². The molecular formula is C11H10F3N5O2. The number of aliphatic carboxylic acids is 1. The average Bonchev–Trinajstić information content (AvgIpc) is 2.86. The molecule has 0 aromatic carbocycles. The van der Waals surface area contributed by atoms with E-state index in [1.54, 1.807) is 0 Å². The molecule has 10 heteroatoms. The van der Waals surface area contributed by atoms with Crippen molar-refractivity contribution in [1.29, 1.82) is 0 Å². The molecule has 0 radical (unpaired) electrons. The molecule has 1 N–H and O–H groups in total. The Morgan fingerprint density at radius 3 is 2.67 bits per heavy atom. The number of carbonyl (C=O) groups is 1. The van der Waals surface area contributed by atoms with Crippen LogP contribution in [0.15, 0.2) is 18.3 Å². The number of rotatable bonds is 4. The predicted octanol–water partition coefficient (Wildman–Crippen LogP) is 1.47. The molecular weight excluding hydrogens is 291 g/mol. The van der Waals surface area contributed by atoms with Gasteiger partial charge in [-0.3, -0.25) is 9.78 Å². The van der Waals surface area contributed by atoms with Crippen LogP contribution in [0.4, 0.5) is 13.2 Å². The Hall–Kier alpha value is -2.52. The van der Waals surface area contributed by atoms with Crippen LogP contribution in [0.2, 0.25) is 0 Å². The smallest absolute Gasteiger partial charge is 0.417 e. The molecule has 2 aromatic heterocycles. The van der Waals surface area contributed by atoms with Crippen LogP contribution in [-0.2, 0) is 17.5 Å². The maximum atomic E-state index is 12.5. The number of alkyl halides is 3. The Morgan fingerprint density at radius 2 is 2.14 bits per heavy atom. The molecule has 0 saturated heterocycles. The summed E-state index contributed by atoms with van der Waals surface area (Å²) in [5, 5.41) is 19.5. The summed E-state index contributed by atoms with van der Waals surface area (Å²) < 4.78 is 38.5. The number of carboxylic acids is 1. The second-order valence-electron chi connectivity index (χ2n) is 4.35. The Kier molecular flexibility index (Phi) is 3.87. The molecule has 0 aliphatic carbocycles. The first-order valence-electron chi connectivity index (χ1n) is 5.81. The second kappa shape index (κ2) is 5.46. The average molecular weight is 301 g/mol. The van der Waals surface area contributed by atoms with Crippen molar-refractivity contribution in [3.05, 3.63) is 23.9 Å². The van der Waals surface area contributed by atoms with Gasteiger partial charge < -0.3 is 5.11 Å². The van der Waals surface area contributed by atoms with Crippen molar-refractivity contribution in [2.45, 2.75) is 19.6 Å². The zero-order valence-corrected chi connectivity index (χ0v) is 10.7. The quantitative estimate of drug-likeness (QED) is 0.919. The van der Waals surface area contributed by atoms with E-state index in [0.717, 1.165) is 12.1 Å². The topological polar surface area (TPSA) is 93.8 Å². The minimum absolute atomic E-state index is 0.0135. The van der Waals surface area contributed by atoms with E-state index >= 15 is 0 Å². The molecule has 2 heterocycles. The van der Waals surface area contributed by atoms with Crippen molar-refractivity contribution < 1.29 is 23.1 Å². The first-order chi connectivity index (χ1) is 9.79. The van der Waals surface area contributed by atoms with Crippen molar-refractivity contribution >= 4 is 5.97 Å². The summed E-state index contributed by atoms with van der Waals surface area (Å²) >= 11 is 0. The molecule has 0 fully saturated rings. The number of tetrazole rings is 1. The number of pyridine rings is 1. The van der Waals surface area contributed by atoms with E-state index in [9.17, 15) is 18.0 Å². The predicted molar refractivity (Wildman–Crippen MR) is 62.8 cm³/mol. The van der Waals surface area contributed by atoms with Crippen LogP contribution in [-0.4, -0.2) is 36.3 Å². The van der Waals surface area contributed by atoms with Crippen LogP contribution in [0.3, 0.4) is 0 Å². The van der Waals surface area contributed by atoms with E-state index < -0.39 is 23.6 Å². The fourth-order valence-corrected chi connectivity index (χ4v) is 1.54. The highest BCUT2D eigenvalue weighted by molar-refractivity contribution is 5.69. The van der Waals surface area contributed by atoms with Crippen molar-refractivity contribution in [3.63, 3.8) is 0 Å². The van der Waals surface area contributed by atoms with Gasteiger partial charge in [-0.05, 0) is 22.6 Å². The molecule has 2 rings (SSSR count). The van der Waals surface area contributed by atoms with Gasteiger partial charge in [0.2, 0.25) is 5.82 Å². The second-order valence-corrected chi connectivity index (χ2v) is 4.35. The van der Waals surface area contributed by atoms with Gasteiger partial charge in [0.05, 0.1) is 18.0 Å². The number of halogens is 3. The Morgan fingerprint density at radius 1 is 1.43 bits per heavy atom. The monoisotopic (exact) mass is 301 g/mol. The first kappa shape index (κ1) is 14.9. The molecule has 0 saturated carbocycles. The van der Waals surface area contributed by atoms with Crippen LogP contribution in [0.5, 0.6) is 0 Å². The molecule has 0 spiro atoms. The summed E-state index contributed by atoms with van der Waals surface area (Å²) in [4.78, 5) is 14.5. The summed E-state index contributed by atoms with van der Waals surface area (Å²) in [6.07, 6.45) is -3.80. The molecule has 7 nitrogen and oxygen atoms in total. The van der Waals surface area contributed by atoms with Gasteiger partial charge >= 0.3 is 12.1 Å². The van der Waals surface area contributed by atoms with E-state index in [2.05, 4.69) is 20.5 Å². The van der Waals surface area contributed by atoms with Crippen molar-refractivity contribution in [1.82, 2.24) is 25.2 Å². The number of hydrogen-bond donors (Lipinski definition) is 1. The molecule has 1 unspecified atom stereocenters. The molecule has 2 aromatic rings. The highest BCUT2D eigenvalue weighted by atomic mass is 19.4. The van der Waals surface area contributed by atoms with Gasteiger partial charge in [-0.15, -0.1) is 5.10 Å². The Labute approximate surface area is 116 Å². The first-order valence-corrected chi connectivity index (χ1v) is 5.81. The van der Waals surface area contributed by atoms with Crippen molar-refractivity contribution in [2.24, 2.45) is 5.92 Å². The normalized spacial score (nSPS) is 13.1. The Bertz CT molecular complexity index is 638. The van der Waals surface area contributed by atoms with E-state index in [1.807, 2.05) is 0 Å². The number of nitrogens with zero attached hydrogens (tertiary/aromatic N) is 5. The zero-order chi connectivity index (χ0) is 15.6. The summed E-state index contributed by atoms with van der Waals surface area (Å²) in [5.74, 6) is -1.67. The lowest BCUT2D eigenvalue weighted by atomic mass is 10.2. The minimum atomic E-state index is -4.48. The Balaban J connectivity index is 2.27. The lowest BCUT2D eigenvalue weighted by Gasteiger charge is -2.09. The standard InChI is InChI=1S/C11H10F3N5O2/c1-6(10(20)21)5-19-9(16-17-18-19)8-3-2-7(4-15-8)11(12,13)14/h2-4,6H,5H2,1H3,(H,20,21).